The molecule has 1 rings (SSSR count). The normalized spacial score (nSPS) is 12.2. The van der Waals surface area contributed by atoms with Crippen molar-refractivity contribution in [1.29, 1.82) is 0 Å². The van der Waals surface area contributed by atoms with Gasteiger partial charge in [-0.05, 0) is 32.5 Å². The van der Waals surface area contributed by atoms with Crippen LogP contribution >= 0.6 is 0 Å². The Kier molecular flexibility index (Phi) is 5.12. The first-order valence-electron chi connectivity index (χ1n) is 5.70. The lowest BCUT2D eigenvalue weighted by molar-refractivity contribution is 0.415. The minimum Gasteiger partial charge on any atom is -0.497 e. The van der Waals surface area contributed by atoms with Crippen LogP contribution < -0.4 is 15.0 Å². The van der Waals surface area contributed by atoms with Crippen LogP contribution in [0.25, 0.3) is 0 Å². The van der Waals surface area contributed by atoms with Crippen LogP contribution in [0.15, 0.2) is 24.3 Å². The summed E-state index contributed by atoms with van der Waals surface area (Å²) in [4.78, 5) is 2.25. The summed E-state index contributed by atoms with van der Waals surface area (Å²) in [6, 6.07) is 8.70. The van der Waals surface area contributed by atoms with Crippen LogP contribution in [-0.4, -0.2) is 33.8 Å². The van der Waals surface area contributed by atoms with E-state index in [0.717, 1.165) is 18.7 Å². The van der Waals surface area contributed by atoms with E-state index in [4.69, 9.17) is 4.74 Å². The highest BCUT2D eigenvalue weighted by atomic mass is 16.5. The molecule has 0 amide bonds. The van der Waals surface area contributed by atoms with Crippen molar-refractivity contribution >= 4 is 5.69 Å². The number of ether oxygens (including phenoxy) is 1. The molecule has 1 aromatic carbocycles. The van der Waals surface area contributed by atoms with Crippen molar-refractivity contribution in [2.24, 2.45) is 0 Å². The van der Waals surface area contributed by atoms with Crippen LogP contribution in [0.1, 0.15) is 13.3 Å². The van der Waals surface area contributed by atoms with Crippen LogP contribution in [0.5, 0.6) is 5.75 Å². The van der Waals surface area contributed by atoms with Gasteiger partial charge in [0, 0.05) is 31.4 Å². The summed E-state index contributed by atoms with van der Waals surface area (Å²) in [6.07, 6.45) is 1.13. The topological polar surface area (TPSA) is 24.5 Å². The molecule has 0 bridgehead atoms. The lowest BCUT2D eigenvalue weighted by Gasteiger charge is -2.21. The molecule has 90 valence electrons. The summed E-state index contributed by atoms with van der Waals surface area (Å²) >= 11 is 0. The standard InChI is InChI=1S/C13H22N2O/c1-11(14-2)8-9-15(3)12-6-5-7-13(10-12)16-4/h5-7,10-11,14H,8-9H2,1-4H3. The Hall–Kier alpha value is -1.22. The van der Waals surface area contributed by atoms with E-state index in [1.54, 1.807) is 7.11 Å². The zero-order valence-corrected chi connectivity index (χ0v) is 10.7. The molecule has 0 saturated carbocycles. The van der Waals surface area contributed by atoms with E-state index in [1.165, 1.54) is 5.69 Å². The van der Waals surface area contributed by atoms with E-state index < -0.39 is 0 Å². The summed E-state index contributed by atoms with van der Waals surface area (Å²) in [5.41, 5.74) is 1.20. The molecule has 0 aliphatic rings. The van der Waals surface area contributed by atoms with Gasteiger partial charge in [0.05, 0.1) is 7.11 Å². The van der Waals surface area contributed by atoms with Gasteiger partial charge in [-0.3, -0.25) is 0 Å². The molecule has 0 aliphatic carbocycles. The third-order valence-corrected chi connectivity index (χ3v) is 2.88. The second kappa shape index (κ2) is 6.38. The number of rotatable bonds is 6. The molecule has 1 atom stereocenters. The fourth-order valence-corrected chi connectivity index (χ4v) is 1.51. The lowest BCUT2D eigenvalue weighted by Crippen LogP contribution is -2.28. The first-order valence-corrected chi connectivity index (χ1v) is 5.70. The predicted octanol–water partition coefficient (Wildman–Crippen LogP) is 2.13. The molecule has 1 N–H and O–H groups in total. The van der Waals surface area contributed by atoms with Crippen LogP contribution in [0.2, 0.25) is 0 Å². The maximum atomic E-state index is 5.21. The average molecular weight is 222 g/mol. The number of methoxy groups -OCH3 is 1. The molecule has 3 heteroatoms. The molecule has 1 unspecified atom stereocenters. The molecule has 0 saturated heterocycles. The third kappa shape index (κ3) is 3.74. The van der Waals surface area contributed by atoms with Crippen molar-refractivity contribution in [2.45, 2.75) is 19.4 Å². The first-order chi connectivity index (χ1) is 7.67. The van der Waals surface area contributed by atoms with Crippen molar-refractivity contribution in [3.63, 3.8) is 0 Å². The van der Waals surface area contributed by atoms with Gasteiger partial charge in [0.25, 0.3) is 0 Å². The highest BCUT2D eigenvalue weighted by Gasteiger charge is 2.04. The molecule has 0 heterocycles. The van der Waals surface area contributed by atoms with Crippen LogP contribution in [-0.2, 0) is 0 Å². The summed E-state index contributed by atoms with van der Waals surface area (Å²) < 4.78 is 5.21. The summed E-state index contributed by atoms with van der Waals surface area (Å²) in [7, 11) is 5.80. The quantitative estimate of drug-likeness (QED) is 0.798. The smallest absolute Gasteiger partial charge is 0.120 e. The van der Waals surface area contributed by atoms with Crippen LogP contribution in [0.3, 0.4) is 0 Å². The van der Waals surface area contributed by atoms with Crippen LogP contribution in [0, 0.1) is 0 Å². The van der Waals surface area contributed by atoms with E-state index in [-0.39, 0.29) is 0 Å². The Morgan fingerprint density at radius 2 is 2.19 bits per heavy atom. The van der Waals surface area contributed by atoms with Gasteiger partial charge >= 0.3 is 0 Å². The van der Waals surface area contributed by atoms with Gasteiger partial charge < -0.3 is 15.0 Å². The lowest BCUT2D eigenvalue weighted by atomic mass is 10.2. The Balaban J connectivity index is 2.54. The number of nitrogens with zero attached hydrogens (tertiary/aromatic N) is 1. The summed E-state index contributed by atoms with van der Waals surface area (Å²) in [5, 5.41) is 3.24. The molecule has 0 radical (unpaired) electrons. The minimum absolute atomic E-state index is 0.549. The predicted molar refractivity (Wildman–Crippen MR) is 69.4 cm³/mol. The highest BCUT2D eigenvalue weighted by Crippen LogP contribution is 2.19. The number of anilines is 1. The fourth-order valence-electron chi connectivity index (χ4n) is 1.51. The third-order valence-electron chi connectivity index (χ3n) is 2.88. The maximum absolute atomic E-state index is 5.21. The Labute approximate surface area is 98.4 Å². The van der Waals surface area contributed by atoms with Gasteiger partial charge in [-0.15, -0.1) is 0 Å². The molecule has 0 aromatic heterocycles. The van der Waals surface area contributed by atoms with E-state index in [9.17, 15) is 0 Å². The molecular weight excluding hydrogens is 200 g/mol. The van der Waals surface area contributed by atoms with Crippen molar-refractivity contribution in [2.75, 3.05) is 32.6 Å². The number of benzene rings is 1. The zero-order valence-electron chi connectivity index (χ0n) is 10.7. The Bertz CT molecular complexity index is 315. The van der Waals surface area contributed by atoms with E-state index in [2.05, 4.69) is 36.3 Å². The average Bonchev–Trinajstić information content (AvgIpc) is 2.35. The van der Waals surface area contributed by atoms with Crippen molar-refractivity contribution in [3.05, 3.63) is 24.3 Å². The second-order valence-corrected chi connectivity index (χ2v) is 4.10. The largest absolute Gasteiger partial charge is 0.497 e. The number of hydrogen-bond acceptors (Lipinski definition) is 3. The Morgan fingerprint density at radius 1 is 1.44 bits per heavy atom. The molecule has 3 nitrogen and oxygen atoms in total. The second-order valence-electron chi connectivity index (χ2n) is 4.10. The van der Waals surface area contributed by atoms with Crippen molar-refractivity contribution in [1.82, 2.24) is 5.32 Å². The Morgan fingerprint density at radius 3 is 2.81 bits per heavy atom. The summed E-state index contributed by atoms with van der Waals surface area (Å²) in [6.45, 7) is 3.23. The molecule has 0 aliphatic heterocycles. The van der Waals surface area contributed by atoms with Gasteiger partial charge in [0.2, 0.25) is 0 Å². The van der Waals surface area contributed by atoms with Gasteiger partial charge in [0.15, 0.2) is 0 Å². The van der Waals surface area contributed by atoms with Gasteiger partial charge in [-0.2, -0.15) is 0 Å². The molecule has 16 heavy (non-hydrogen) atoms. The van der Waals surface area contributed by atoms with E-state index in [1.807, 2.05) is 19.2 Å². The van der Waals surface area contributed by atoms with E-state index >= 15 is 0 Å². The van der Waals surface area contributed by atoms with E-state index in [0.29, 0.717) is 6.04 Å². The monoisotopic (exact) mass is 222 g/mol. The minimum atomic E-state index is 0.549. The van der Waals surface area contributed by atoms with Gasteiger partial charge in [-0.25, -0.2) is 0 Å². The van der Waals surface area contributed by atoms with Gasteiger partial charge in [-0.1, -0.05) is 6.07 Å². The molecule has 0 fully saturated rings. The number of nitrogens with one attached hydrogen (secondary N) is 1. The first kappa shape index (κ1) is 12.8. The van der Waals surface area contributed by atoms with Crippen LogP contribution in [0.4, 0.5) is 5.69 Å². The molecule has 0 spiro atoms. The maximum Gasteiger partial charge on any atom is 0.120 e. The van der Waals surface area contributed by atoms with Crippen molar-refractivity contribution < 1.29 is 4.74 Å². The molecule has 1 aromatic rings. The van der Waals surface area contributed by atoms with Gasteiger partial charge in [0.1, 0.15) is 5.75 Å². The zero-order chi connectivity index (χ0) is 12.0. The fraction of sp³-hybridized carbons (Fsp3) is 0.538. The number of hydrogen-bond donors (Lipinski definition) is 1. The molecular formula is C13H22N2O. The highest BCUT2D eigenvalue weighted by molar-refractivity contribution is 5.49. The van der Waals surface area contributed by atoms with Crippen molar-refractivity contribution in [3.8, 4) is 5.75 Å². The SMILES string of the molecule is CNC(C)CCN(C)c1cccc(OC)c1. The summed E-state index contributed by atoms with van der Waals surface area (Å²) in [5.74, 6) is 0.908.